The van der Waals surface area contributed by atoms with Crippen LogP contribution in [0.4, 0.5) is 5.69 Å². The number of nitrogens with zero attached hydrogens (tertiary/aromatic N) is 2. The van der Waals surface area contributed by atoms with Crippen LogP contribution in [0.1, 0.15) is 26.3 Å². The monoisotopic (exact) mass is 441 g/mol. The zero-order valence-corrected chi connectivity index (χ0v) is 17.8. The number of amides is 1. The van der Waals surface area contributed by atoms with Crippen LogP contribution >= 0.6 is 11.8 Å². The van der Waals surface area contributed by atoms with Crippen molar-refractivity contribution in [2.45, 2.75) is 12.1 Å². The van der Waals surface area contributed by atoms with Gasteiger partial charge in [-0.25, -0.2) is 9.59 Å². The van der Waals surface area contributed by atoms with Crippen LogP contribution in [0.3, 0.4) is 0 Å². The summed E-state index contributed by atoms with van der Waals surface area (Å²) in [5.41, 5.74) is 2.31. The third-order valence-electron chi connectivity index (χ3n) is 4.06. The second-order valence-electron chi connectivity index (χ2n) is 6.36. The number of benzene rings is 2. The lowest BCUT2D eigenvalue weighted by Gasteiger charge is -2.09. The highest BCUT2D eigenvalue weighted by atomic mass is 32.2. The van der Waals surface area contributed by atoms with Gasteiger partial charge in [-0.05, 0) is 37.3 Å². The third-order valence-corrected chi connectivity index (χ3v) is 4.88. The van der Waals surface area contributed by atoms with Gasteiger partial charge in [0.2, 0.25) is 11.8 Å². The predicted octanol–water partition coefficient (Wildman–Crippen LogP) is 3.35. The van der Waals surface area contributed by atoms with Crippen LogP contribution in [0.2, 0.25) is 0 Å². The quantitative estimate of drug-likeness (QED) is 0.434. The molecule has 31 heavy (non-hydrogen) atoms. The first kappa shape index (κ1) is 22.0. The fourth-order valence-corrected chi connectivity index (χ4v) is 3.22. The number of hydrogen-bond acceptors (Lipinski definition) is 9. The second-order valence-corrected chi connectivity index (χ2v) is 7.29. The molecule has 0 aliphatic rings. The van der Waals surface area contributed by atoms with E-state index in [2.05, 4.69) is 25.0 Å². The molecule has 0 aliphatic heterocycles. The maximum absolute atomic E-state index is 12.4. The van der Waals surface area contributed by atoms with Gasteiger partial charge in [0, 0.05) is 11.3 Å². The van der Waals surface area contributed by atoms with Gasteiger partial charge in [-0.1, -0.05) is 29.5 Å². The van der Waals surface area contributed by atoms with Gasteiger partial charge in [0.15, 0.2) is 0 Å². The van der Waals surface area contributed by atoms with Crippen LogP contribution in [0.15, 0.2) is 52.1 Å². The van der Waals surface area contributed by atoms with Crippen molar-refractivity contribution in [3.8, 4) is 11.5 Å². The Bertz CT molecular complexity index is 1090. The van der Waals surface area contributed by atoms with Crippen molar-refractivity contribution in [2.24, 2.45) is 0 Å². The molecule has 0 bridgehead atoms. The van der Waals surface area contributed by atoms with Crippen molar-refractivity contribution in [3.05, 3.63) is 59.2 Å². The maximum Gasteiger partial charge on any atom is 0.337 e. The lowest BCUT2D eigenvalue weighted by atomic mass is 10.1. The number of aryl methyl sites for hydroxylation is 1. The molecule has 0 unspecified atom stereocenters. The van der Waals surface area contributed by atoms with Crippen LogP contribution < -0.4 is 5.32 Å². The fourth-order valence-electron chi connectivity index (χ4n) is 2.66. The molecule has 1 heterocycles. The Morgan fingerprint density at radius 2 is 1.68 bits per heavy atom. The third kappa shape index (κ3) is 5.70. The first-order valence-corrected chi connectivity index (χ1v) is 10.0. The van der Waals surface area contributed by atoms with E-state index < -0.39 is 17.8 Å². The molecule has 0 aliphatic carbocycles. The van der Waals surface area contributed by atoms with Crippen molar-refractivity contribution in [1.29, 1.82) is 0 Å². The SMILES string of the molecule is COC(=O)c1cc(NC(=O)CSc2nnc(-c3cccc(C)c3)o2)cc(C(=O)OC)c1. The van der Waals surface area contributed by atoms with E-state index >= 15 is 0 Å². The summed E-state index contributed by atoms with van der Waals surface area (Å²) < 4.78 is 15.0. The number of nitrogens with one attached hydrogen (secondary N) is 1. The molecule has 0 spiro atoms. The molecule has 0 radical (unpaired) electrons. The molecule has 10 heteroatoms. The van der Waals surface area contributed by atoms with E-state index in [0.717, 1.165) is 22.9 Å². The molecule has 0 fully saturated rings. The van der Waals surface area contributed by atoms with Crippen LogP contribution in [-0.4, -0.2) is 48.0 Å². The standard InChI is InChI=1S/C21H19N3O6S/c1-12-5-4-6-13(7-12)18-23-24-21(30-18)31-11-17(25)22-16-9-14(19(26)28-2)8-15(10-16)20(27)29-3/h4-10H,11H2,1-3H3,(H,22,25). The van der Waals surface area contributed by atoms with Crippen LogP contribution in [0, 0.1) is 6.92 Å². The van der Waals surface area contributed by atoms with Gasteiger partial charge in [0.05, 0.1) is 31.1 Å². The van der Waals surface area contributed by atoms with E-state index in [4.69, 9.17) is 4.42 Å². The molecule has 9 nitrogen and oxygen atoms in total. The normalized spacial score (nSPS) is 10.4. The molecular weight excluding hydrogens is 422 g/mol. The summed E-state index contributed by atoms with van der Waals surface area (Å²) in [6.07, 6.45) is 0. The Hall–Kier alpha value is -3.66. The van der Waals surface area contributed by atoms with Crippen LogP contribution in [0.5, 0.6) is 0 Å². The molecular formula is C21H19N3O6S. The number of carbonyl (C=O) groups excluding carboxylic acids is 3. The highest BCUT2D eigenvalue weighted by molar-refractivity contribution is 7.99. The average molecular weight is 441 g/mol. The molecule has 2 aromatic carbocycles. The lowest BCUT2D eigenvalue weighted by molar-refractivity contribution is -0.113. The Balaban J connectivity index is 1.67. The molecule has 0 saturated carbocycles. The Morgan fingerprint density at radius 1 is 1.00 bits per heavy atom. The van der Waals surface area contributed by atoms with Gasteiger partial charge in [0.1, 0.15) is 0 Å². The molecule has 160 valence electrons. The number of rotatable bonds is 7. The zero-order chi connectivity index (χ0) is 22.4. The molecule has 3 aromatic rings. The van der Waals surface area contributed by atoms with Crippen molar-refractivity contribution in [2.75, 3.05) is 25.3 Å². The number of anilines is 1. The number of thioether (sulfide) groups is 1. The smallest absolute Gasteiger partial charge is 0.337 e. The summed E-state index contributed by atoms with van der Waals surface area (Å²) in [5.74, 6) is -1.35. The van der Waals surface area contributed by atoms with Crippen LogP contribution in [-0.2, 0) is 14.3 Å². The first-order chi connectivity index (χ1) is 14.9. The number of carbonyl (C=O) groups is 3. The van der Waals surface area contributed by atoms with Crippen molar-refractivity contribution in [3.63, 3.8) is 0 Å². The van der Waals surface area contributed by atoms with Gasteiger partial charge in [-0.3, -0.25) is 4.79 Å². The zero-order valence-electron chi connectivity index (χ0n) is 17.0. The average Bonchev–Trinajstić information content (AvgIpc) is 3.25. The molecule has 1 aromatic heterocycles. The largest absolute Gasteiger partial charge is 0.465 e. The molecule has 0 atom stereocenters. The van der Waals surface area contributed by atoms with Crippen molar-refractivity contribution < 1.29 is 28.3 Å². The topological polar surface area (TPSA) is 121 Å². The summed E-state index contributed by atoms with van der Waals surface area (Å²) >= 11 is 1.06. The van der Waals surface area contributed by atoms with Gasteiger partial charge < -0.3 is 19.2 Å². The summed E-state index contributed by atoms with van der Waals surface area (Å²) in [5, 5.41) is 10.8. The van der Waals surface area contributed by atoms with E-state index in [-0.39, 0.29) is 27.8 Å². The Morgan fingerprint density at radius 3 is 2.29 bits per heavy atom. The van der Waals surface area contributed by atoms with Gasteiger partial charge in [-0.15, -0.1) is 10.2 Å². The van der Waals surface area contributed by atoms with Crippen molar-refractivity contribution >= 4 is 35.3 Å². The van der Waals surface area contributed by atoms with E-state index in [9.17, 15) is 14.4 Å². The summed E-state index contributed by atoms with van der Waals surface area (Å²) in [6, 6.07) is 11.8. The summed E-state index contributed by atoms with van der Waals surface area (Å²) in [7, 11) is 2.44. The number of methoxy groups -OCH3 is 2. The van der Waals surface area contributed by atoms with Gasteiger partial charge in [-0.2, -0.15) is 0 Å². The lowest BCUT2D eigenvalue weighted by Crippen LogP contribution is -2.16. The first-order valence-electron chi connectivity index (χ1n) is 9.04. The molecule has 0 saturated heterocycles. The molecule has 1 amide bonds. The van der Waals surface area contributed by atoms with Gasteiger partial charge in [0.25, 0.3) is 5.22 Å². The van der Waals surface area contributed by atoms with E-state index in [1.54, 1.807) is 0 Å². The predicted molar refractivity (Wildman–Crippen MR) is 113 cm³/mol. The Labute approximate surface area is 182 Å². The second kappa shape index (κ2) is 9.90. The Kier molecular flexibility index (Phi) is 7.03. The fraction of sp³-hybridized carbons (Fsp3) is 0.190. The van der Waals surface area contributed by atoms with Crippen LogP contribution in [0.25, 0.3) is 11.5 Å². The molecule has 1 N–H and O–H groups in total. The van der Waals surface area contributed by atoms with Gasteiger partial charge >= 0.3 is 11.9 Å². The highest BCUT2D eigenvalue weighted by Crippen LogP contribution is 2.24. The van der Waals surface area contributed by atoms with E-state index in [1.165, 1.54) is 32.4 Å². The minimum Gasteiger partial charge on any atom is -0.465 e. The minimum absolute atomic E-state index is 0.0224. The molecule has 3 rings (SSSR count). The summed E-state index contributed by atoms with van der Waals surface area (Å²) in [6.45, 7) is 1.96. The number of esters is 2. The highest BCUT2D eigenvalue weighted by Gasteiger charge is 2.16. The van der Waals surface area contributed by atoms with E-state index in [1.807, 2.05) is 31.2 Å². The number of hydrogen-bond donors (Lipinski definition) is 1. The maximum atomic E-state index is 12.4. The number of aromatic nitrogens is 2. The summed E-state index contributed by atoms with van der Waals surface area (Å²) in [4.78, 5) is 36.0. The minimum atomic E-state index is -0.648. The van der Waals surface area contributed by atoms with E-state index in [0.29, 0.717) is 5.89 Å². The number of ether oxygens (including phenoxy) is 2. The van der Waals surface area contributed by atoms with Crippen molar-refractivity contribution in [1.82, 2.24) is 10.2 Å².